The van der Waals surface area contributed by atoms with Crippen LogP contribution in [0.25, 0.3) is 0 Å². The molecule has 0 saturated heterocycles. The van der Waals surface area contributed by atoms with E-state index in [2.05, 4.69) is 9.47 Å². The summed E-state index contributed by atoms with van der Waals surface area (Å²) in [6.07, 6.45) is -5.92. The van der Waals surface area contributed by atoms with Gasteiger partial charge in [0.25, 0.3) is 0 Å². The van der Waals surface area contributed by atoms with E-state index in [1.54, 1.807) is 29.5 Å². The van der Waals surface area contributed by atoms with Gasteiger partial charge in [-0.05, 0) is 6.42 Å². The summed E-state index contributed by atoms with van der Waals surface area (Å²) < 4.78 is 44.6. The molecule has 0 fully saturated rings. The molecule has 0 N–H and O–H groups in total. The van der Waals surface area contributed by atoms with Crippen molar-refractivity contribution in [3.8, 4) is 0 Å². The minimum atomic E-state index is -5.04. The molecule has 0 rings (SSSR count). The summed E-state index contributed by atoms with van der Waals surface area (Å²) >= 11 is 1.73. The summed E-state index contributed by atoms with van der Waals surface area (Å²) in [5, 5.41) is 0. The standard InChI is InChI=1S/C9H12F3IO4/c1-2-3-16-7(14)4-6(5-13)17-8(15)9(10,11)12/h6H,2-5H2,1H3. The zero-order valence-electron chi connectivity index (χ0n) is 9.05. The van der Waals surface area contributed by atoms with Gasteiger partial charge >= 0.3 is 18.1 Å². The third-order valence-corrected chi connectivity index (χ3v) is 2.52. The highest BCUT2D eigenvalue weighted by Crippen LogP contribution is 2.19. The first kappa shape index (κ1) is 16.5. The van der Waals surface area contributed by atoms with Crippen molar-refractivity contribution in [2.45, 2.75) is 32.0 Å². The molecule has 0 aliphatic rings. The van der Waals surface area contributed by atoms with E-state index < -0.39 is 24.2 Å². The third-order valence-electron chi connectivity index (χ3n) is 1.54. The highest BCUT2D eigenvalue weighted by atomic mass is 127. The molecular weight excluding hydrogens is 356 g/mol. The molecule has 0 aromatic rings. The van der Waals surface area contributed by atoms with Crippen LogP contribution in [-0.2, 0) is 19.1 Å². The van der Waals surface area contributed by atoms with Crippen LogP contribution in [0, 0.1) is 0 Å². The minimum Gasteiger partial charge on any atom is -0.466 e. The second-order valence-electron chi connectivity index (χ2n) is 3.10. The highest BCUT2D eigenvalue weighted by Gasteiger charge is 2.42. The van der Waals surface area contributed by atoms with Crippen molar-refractivity contribution in [3.63, 3.8) is 0 Å². The highest BCUT2D eigenvalue weighted by molar-refractivity contribution is 14.1. The van der Waals surface area contributed by atoms with E-state index in [1.165, 1.54) is 0 Å². The number of carbonyl (C=O) groups is 2. The first-order valence-electron chi connectivity index (χ1n) is 4.80. The average molecular weight is 368 g/mol. The lowest BCUT2D eigenvalue weighted by Gasteiger charge is -2.15. The van der Waals surface area contributed by atoms with Gasteiger partial charge in [-0.1, -0.05) is 29.5 Å². The number of hydrogen-bond donors (Lipinski definition) is 0. The zero-order valence-corrected chi connectivity index (χ0v) is 11.2. The van der Waals surface area contributed by atoms with Gasteiger partial charge in [-0.25, -0.2) is 4.79 Å². The summed E-state index contributed by atoms with van der Waals surface area (Å²) in [6.45, 7) is 1.98. The van der Waals surface area contributed by atoms with Crippen molar-refractivity contribution in [2.24, 2.45) is 0 Å². The molecule has 0 aromatic carbocycles. The largest absolute Gasteiger partial charge is 0.490 e. The van der Waals surface area contributed by atoms with E-state index in [0.29, 0.717) is 6.42 Å². The monoisotopic (exact) mass is 368 g/mol. The summed E-state index contributed by atoms with van der Waals surface area (Å²) in [5.74, 6) is -2.97. The molecule has 0 aliphatic heterocycles. The zero-order chi connectivity index (χ0) is 13.5. The van der Waals surface area contributed by atoms with Crippen LogP contribution in [0.15, 0.2) is 0 Å². The van der Waals surface area contributed by atoms with E-state index in [9.17, 15) is 22.8 Å². The Kier molecular flexibility index (Phi) is 7.48. The molecule has 0 spiro atoms. The van der Waals surface area contributed by atoms with Crippen LogP contribution >= 0.6 is 22.6 Å². The van der Waals surface area contributed by atoms with Crippen molar-refractivity contribution >= 4 is 34.5 Å². The number of halogens is 4. The Balaban J connectivity index is 4.17. The van der Waals surface area contributed by atoms with Gasteiger partial charge in [-0.2, -0.15) is 13.2 Å². The van der Waals surface area contributed by atoms with Gasteiger partial charge in [0.2, 0.25) is 0 Å². The Morgan fingerprint density at radius 1 is 1.35 bits per heavy atom. The number of ether oxygens (including phenoxy) is 2. The fraction of sp³-hybridized carbons (Fsp3) is 0.778. The quantitative estimate of drug-likeness (QED) is 0.410. The maximum atomic E-state index is 11.9. The molecule has 4 nitrogen and oxygen atoms in total. The lowest BCUT2D eigenvalue weighted by atomic mass is 10.3. The van der Waals surface area contributed by atoms with Crippen LogP contribution in [0.1, 0.15) is 19.8 Å². The van der Waals surface area contributed by atoms with Gasteiger partial charge in [0.1, 0.15) is 6.10 Å². The SMILES string of the molecule is CCCOC(=O)CC(CI)OC(=O)C(F)(F)F. The van der Waals surface area contributed by atoms with Crippen LogP contribution in [0.4, 0.5) is 13.2 Å². The van der Waals surface area contributed by atoms with Gasteiger partial charge < -0.3 is 9.47 Å². The molecule has 0 bridgehead atoms. The molecule has 0 amide bonds. The summed E-state index contributed by atoms with van der Waals surface area (Å²) in [6, 6.07) is 0. The average Bonchev–Trinajstić information content (AvgIpc) is 2.23. The number of hydrogen-bond acceptors (Lipinski definition) is 4. The van der Waals surface area contributed by atoms with Crippen LogP contribution in [0.3, 0.4) is 0 Å². The fourth-order valence-corrected chi connectivity index (χ4v) is 1.30. The van der Waals surface area contributed by atoms with Crippen molar-refractivity contribution in [2.75, 3.05) is 11.0 Å². The number of alkyl halides is 4. The maximum absolute atomic E-state index is 11.9. The van der Waals surface area contributed by atoms with Gasteiger partial charge in [0.15, 0.2) is 0 Å². The van der Waals surface area contributed by atoms with Crippen LogP contribution < -0.4 is 0 Å². The van der Waals surface area contributed by atoms with E-state index in [0.717, 1.165) is 0 Å². The lowest BCUT2D eigenvalue weighted by Crippen LogP contribution is -2.32. The molecule has 8 heteroatoms. The Morgan fingerprint density at radius 2 is 1.94 bits per heavy atom. The maximum Gasteiger partial charge on any atom is 0.490 e. The normalized spacial score (nSPS) is 13.0. The Labute approximate surface area is 110 Å². The molecule has 17 heavy (non-hydrogen) atoms. The fourth-order valence-electron chi connectivity index (χ4n) is 0.807. The predicted molar refractivity (Wildman–Crippen MR) is 60.7 cm³/mol. The van der Waals surface area contributed by atoms with Gasteiger partial charge in [-0.15, -0.1) is 0 Å². The van der Waals surface area contributed by atoms with Crippen molar-refractivity contribution < 1.29 is 32.2 Å². The van der Waals surface area contributed by atoms with E-state index >= 15 is 0 Å². The van der Waals surface area contributed by atoms with Gasteiger partial charge in [0, 0.05) is 4.43 Å². The predicted octanol–water partition coefficient (Wildman–Crippen LogP) is 2.24. The number of esters is 2. The Morgan fingerprint density at radius 3 is 2.35 bits per heavy atom. The topological polar surface area (TPSA) is 52.6 Å². The molecule has 0 aromatic heterocycles. The first-order valence-corrected chi connectivity index (χ1v) is 6.33. The number of carbonyl (C=O) groups excluding carboxylic acids is 2. The Hall–Kier alpha value is -0.540. The molecule has 0 heterocycles. The molecular formula is C9H12F3IO4. The number of rotatable bonds is 6. The molecule has 0 saturated carbocycles. The van der Waals surface area contributed by atoms with Crippen molar-refractivity contribution in [3.05, 3.63) is 0 Å². The third kappa shape index (κ3) is 7.40. The van der Waals surface area contributed by atoms with Gasteiger partial charge in [-0.3, -0.25) is 4.79 Å². The minimum absolute atomic E-state index is 0.0841. The smallest absolute Gasteiger partial charge is 0.466 e. The van der Waals surface area contributed by atoms with E-state index in [4.69, 9.17) is 0 Å². The van der Waals surface area contributed by atoms with Crippen LogP contribution in [0.5, 0.6) is 0 Å². The molecule has 1 unspecified atom stereocenters. The first-order chi connectivity index (χ1) is 7.81. The van der Waals surface area contributed by atoms with Crippen LogP contribution in [-0.4, -0.2) is 35.3 Å². The Bertz CT molecular complexity index is 267. The second-order valence-corrected chi connectivity index (χ2v) is 3.98. The molecule has 100 valence electrons. The molecule has 1 atom stereocenters. The van der Waals surface area contributed by atoms with E-state index in [-0.39, 0.29) is 17.5 Å². The van der Waals surface area contributed by atoms with Gasteiger partial charge in [0.05, 0.1) is 13.0 Å². The lowest BCUT2D eigenvalue weighted by molar-refractivity contribution is -0.204. The summed E-state index contributed by atoms with van der Waals surface area (Å²) in [7, 11) is 0. The molecule has 0 aliphatic carbocycles. The van der Waals surface area contributed by atoms with Crippen LogP contribution in [0.2, 0.25) is 0 Å². The van der Waals surface area contributed by atoms with Crippen molar-refractivity contribution in [1.29, 1.82) is 0 Å². The summed E-state index contributed by atoms with van der Waals surface area (Å²) in [4.78, 5) is 21.6. The van der Waals surface area contributed by atoms with E-state index in [1.807, 2.05) is 0 Å². The summed E-state index contributed by atoms with van der Waals surface area (Å²) in [5.41, 5.74) is 0. The molecule has 0 radical (unpaired) electrons. The second kappa shape index (κ2) is 7.72. The van der Waals surface area contributed by atoms with Crippen molar-refractivity contribution in [1.82, 2.24) is 0 Å².